The van der Waals surface area contributed by atoms with Crippen LogP contribution in [-0.4, -0.2) is 12.0 Å². The normalized spacial score (nSPS) is 10.2. The predicted octanol–water partition coefficient (Wildman–Crippen LogP) is 4.60. The molecule has 0 heterocycles. The van der Waals surface area contributed by atoms with E-state index in [-0.39, 0.29) is 18.0 Å². The summed E-state index contributed by atoms with van der Waals surface area (Å²) in [5.41, 5.74) is 0.612. The van der Waals surface area contributed by atoms with Gasteiger partial charge in [-0.1, -0.05) is 33.6 Å². The minimum absolute atomic E-state index is 0.121. The Balaban J connectivity index is 2.24. The topological polar surface area (TPSA) is 61.6 Å². The number of nitro groups is 1. The maximum atomic E-state index is 11.0. The molecule has 5 nitrogen and oxygen atoms in total. The van der Waals surface area contributed by atoms with Gasteiger partial charge in [0.25, 0.3) is 0 Å². The Kier molecular flexibility index (Phi) is 5.03. The Hall–Kier alpha value is -1.79. The van der Waals surface area contributed by atoms with E-state index in [1.165, 1.54) is 25.3 Å². The van der Waals surface area contributed by atoms with E-state index in [2.05, 4.69) is 15.9 Å². The Labute approximate surface area is 134 Å². The molecule has 0 aromatic heterocycles. The van der Waals surface area contributed by atoms with E-state index < -0.39 is 4.92 Å². The molecule has 2 aromatic carbocycles. The molecule has 0 unspecified atom stereocenters. The van der Waals surface area contributed by atoms with Crippen LogP contribution in [0.1, 0.15) is 5.56 Å². The molecule has 110 valence electrons. The monoisotopic (exact) mass is 371 g/mol. The second-order valence-corrected chi connectivity index (χ2v) is 5.44. The number of nitro benzene ring substituents is 1. The summed E-state index contributed by atoms with van der Waals surface area (Å²) in [4.78, 5) is 10.5. The van der Waals surface area contributed by atoms with Gasteiger partial charge in [0.1, 0.15) is 12.4 Å². The van der Waals surface area contributed by atoms with E-state index in [1.54, 1.807) is 12.1 Å². The van der Waals surface area contributed by atoms with E-state index in [1.807, 2.05) is 6.07 Å². The first kappa shape index (κ1) is 15.6. The summed E-state index contributed by atoms with van der Waals surface area (Å²) in [6.07, 6.45) is 0. The van der Waals surface area contributed by atoms with E-state index in [0.717, 1.165) is 10.0 Å². The second-order valence-electron chi connectivity index (χ2n) is 4.12. The van der Waals surface area contributed by atoms with Crippen LogP contribution in [-0.2, 0) is 6.61 Å². The Morgan fingerprint density at radius 1 is 1.29 bits per heavy atom. The summed E-state index contributed by atoms with van der Waals surface area (Å²) in [6.45, 7) is 0.125. The number of benzene rings is 2. The average molecular weight is 373 g/mol. The number of hydrogen-bond acceptors (Lipinski definition) is 4. The molecule has 21 heavy (non-hydrogen) atoms. The van der Waals surface area contributed by atoms with Gasteiger partial charge in [0, 0.05) is 27.2 Å². The van der Waals surface area contributed by atoms with Crippen molar-refractivity contribution in [3.8, 4) is 11.5 Å². The van der Waals surface area contributed by atoms with Gasteiger partial charge in [-0.2, -0.15) is 0 Å². The molecule has 0 aliphatic carbocycles. The first-order valence-electron chi connectivity index (χ1n) is 5.90. The first-order valence-corrected chi connectivity index (χ1v) is 7.07. The summed E-state index contributed by atoms with van der Waals surface area (Å²) in [6, 6.07) is 9.68. The lowest BCUT2D eigenvalue weighted by molar-refractivity contribution is -0.386. The lowest BCUT2D eigenvalue weighted by Crippen LogP contribution is -2.00. The molecule has 0 bridgehead atoms. The van der Waals surface area contributed by atoms with Crippen LogP contribution >= 0.6 is 27.5 Å². The number of methoxy groups -OCH3 is 1. The molecule has 0 fully saturated rings. The molecule has 0 atom stereocenters. The van der Waals surface area contributed by atoms with E-state index in [9.17, 15) is 10.1 Å². The first-order chi connectivity index (χ1) is 10.0. The van der Waals surface area contributed by atoms with E-state index in [0.29, 0.717) is 10.8 Å². The quantitative estimate of drug-likeness (QED) is 0.568. The molecule has 0 N–H and O–H groups in total. The van der Waals surface area contributed by atoms with Crippen molar-refractivity contribution in [2.45, 2.75) is 6.61 Å². The minimum Gasteiger partial charge on any atom is -0.497 e. The van der Waals surface area contributed by atoms with Crippen LogP contribution in [0.3, 0.4) is 0 Å². The Morgan fingerprint density at radius 3 is 2.67 bits per heavy atom. The highest BCUT2D eigenvalue weighted by Gasteiger charge is 2.16. The van der Waals surface area contributed by atoms with Crippen molar-refractivity contribution in [2.24, 2.45) is 0 Å². The number of ether oxygens (including phenoxy) is 2. The van der Waals surface area contributed by atoms with Crippen LogP contribution in [0.15, 0.2) is 40.9 Å². The van der Waals surface area contributed by atoms with Crippen LogP contribution in [0.5, 0.6) is 11.5 Å². The lowest BCUT2D eigenvalue weighted by Gasteiger charge is -2.09. The molecule has 0 amide bonds. The molecule has 2 aromatic rings. The molecule has 0 spiro atoms. The summed E-state index contributed by atoms with van der Waals surface area (Å²) >= 11 is 9.40. The average Bonchev–Trinajstić information content (AvgIpc) is 2.45. The number of halogens is 2. The second kappa shape index (κ2) is 6.78. The van der Waals surface area contributed by atoms with Crippen molar-refractivity contribution in [2.75, 3.05) is 7.11 Å². The van der Waals surface area contributed by atoms with Gasteiger partial charge >= 0.3 is 5.69 Å². The molecule has 0 aliphatic rings. The zero-order valence-electron chi connectivity index (χ0n) is 11.0. The molecule has 0 radical (unpaired) electrons. The Bertz CT molecular complexity index is 678. The third-order valence-electron chi connectivity index (χ3n) is 2.76. The standard InChI is InChI=1S/C14H11BrClNO4/c1-20-11-4-5-13(17(18)19)14(7-11)21-8-9-2-3-10(15)6-12(9)16/h2-7H,8H2,1H3. The van der Waals surface area contributed by atoms with Gasteiger partial charge in [-0.05, 0) is 18.2 Å². The van der Waals surface area contributed by atoms with Gasteiger partial charge in [0.15, 0.2) is 0 Å². The van der Waals surface area contributed by atoms with Crippen LogP contribution in [0.25, 0.3) is 0 Å². The molecular formula is C14H11BrClNO4. The molecule has 0 aliphatic heterocycles. The maximum Gasteiger partial charge on any atom is 0.311 e. The number of nitrogens with zero attached hydrogens (tertiary/aromatic N) is 1. The summed E-state index contributed by atoms with van der Waals surface area (Å²) in [5, 5.41) is 11.5. The summed E-state index contributed by atoms with van der Waals surface area (Å²) < 4.78 is 11.4. The van der Waals surface area contributed by atoms with Gasteiger partial charge < -0.3 is 9.47 Å². The molecule has 0 saturated carbocycles. The van der Waals surface area contributed by atoms with Crippen molar-refractivity contribution in [3.05, 3.63) is 61.6 Å². The fourth-order valence-corrected chi connectivity index (χ4v) is 2.41. The highest BCUT2D eigenvalue weighted by Crippen LogP contribution is 2.32. The summed E-state index contributed by atoms with van der Waals surface area (Å²) in [7, 11) is 1.48. The molecular weight excluding hydrogens is 362 g/mol. The molecule has 7 heteroatoms. The van der Waals surface area contributed by atoms with Gasteiger partial charge in [-0.25, -0.2) is 0 Å². The molecule has 0 saturated heterocycles. The third kappa shape index (κ3) is 3.86. The van der Waals surface area contributed by atoms with Gasteiger partial charge in [-0.15, -0.1) is 0 Å². The van der Waals surface area contributed by atoms with Crippen LogP contribution in [0.2, 0.25) is 5.02 Å². The van der Waals surface area contributed by atoms with Crippen molar-refractivity contribution in [1.29, 1.82) is 0 Å². The van der Waals surface area contributed by atoms with Gasteiger partial charge in [-0.3, -0.25) is 10.1 Å². The van der Waals surface area contributed by atoms with Crippen molar-refractivity contribution in [3.63, 3.8) is 0 Å². The van der Waals surface area contributed by atoms with E-state index >= 15 is 0 Å². The van der Waals surface area contributed by atoms with E-state index in [4.69, 9.17) is 21.1 Å². The van der Waals surface area contributed by atoms with Crippen LogP contribution in [0, 0.1) is 10.1 Å². The third-order valence-corrected chi connectivity index (χ3v) is 3.61. The highest BCUT2D eigenvalue weighted by atomic mass is 79.9. The zero-order valence-corrected chi connectivity index (χ0v) is 13.3. The van der Waals surface area contributed by atoms with Crippen molar-refractivity contribution < 1.29 is 14.4 Å². The molecule has 2 rings (SSSR count). The van der Waals surface area contributed by atoms with Gasteiger partial charge in [0.05, 0.1) is 12.0 Å². The fraction of sp³-hybridized carbons (Fsp3) is 0.143. The van der Waals surface area contributed by atoms with Crippen LogP contribution < -0.4 is 9.47 Å². The zero-order chi connectivity index (χ0) is 15.4. The van der Waals surface area contributed by atoms with Crippen molar-refractivity contribution >= 4 is 33.2 Å². The minimum atomic E-state index is -0.502. The fourth-order valence-electron chi connectivity index (χ4n) is 1.68. The Morgan fingerprint density at radius 2 is 2.05 bits per heavy atom. The maximum absolute atomic E-state index is 11.0. The highest BCUT2D eigenvalue weighted by molar-refractivity contribution is 9.10. The van der Waals surface area contributed by atoms with Crippen molar-refractivity contribution in [1.82, 2.24) is 0 Å². The smallest absolute Gasteiger partial charge is 0.311 e. The summed E-state index contributed by atoms with van der Waals surface area (Å²) in [5.74, 6) is 0.621. The van der Waals surface area contributed by atoms with Crippen LogP contribution in [0.4, 0.5) is 5.69 Å². The number of hydrogen-bond donors (Lipinski definition) is 0. The predicted molar refractivity (Wildman–Crippen MR) is 83.1 cm³/mol. The lowest BCUT2D eigenvalue weighted by atomic mass is 10.2. The largest absolute Gasteiger partial charge is 0.497 e. The van der Waals surface area contributed by atoms with Gasteiger partial charge in [0.2, 0.25) is 5.75 Å². The number of rotatable bonds is 5. The SMILES string of the molecule is COc1ccc([N+](=O)[O-])c(OCc2ccc(Br)cc2Cl)c1.